The third kappa shape index (κ3) is 1.66. The van der Waals surface area contributed by atoms with Crippen molar-refractivity contribution in [2.75, 3.05) is 0 Å². The number of benzene rings is 1. The summed E-state index contributed by atoms with van der Waals surface area (Å²) in [4.78, 5) is 35.6. The minimum Gasteiger partial charge on any atom is -0.425 e. The molecule has 17 heavy (non-hydrogen) atoms. The van der Waals surface area contributed by atoms with Gasteiger partial charge in [0.05, 0.1) is 5.52 Å². The van der Waals surface area contributed by atoms with Crippen molar-refractivity contribution in [1.82, 2.24) is 15.2 Å². The van der Waals surface area contributed by atoms with Gasteiger partial charge in [-0.05, 0) is 18.2 Å². The number of hydrogen-bond acceptors (Lipinski definition) is 5. The van der Waals surface area contributed by atoms with Gasteiger partial charge in [0, 0.05) is 5.56 Å². The second kappa shape index (κ2) is 3.76. The van der Waals surface area contributed by atoms with Crippen LogP contribution in [0.3, 0.4) is 0 Å². The third-order valence-corrected chi connectivity index (χ3v) is 2.22. The van der Waals surface area contributed by atoms with Crippen molar-refractivity contribution in [3.63, 3.8) is 0 Å². The fourth-order valence-electron chi connectivity index (χ4n) is 1.40. The monoisotopic (exact) mass is 237 g/mol. The van der Waals surface area contributed by atoms with Crippen LogP contribution in [-0.4, -0.2) is 26.0 Å². The van der Waals surface area contributed by atoms with E-state index in [1.807, 2.05) is 0 Å². The average molecular weight is 237 g/mol. The van der Waals surface area contributed by atoms with E-state index < -0.39 is 17.0 Å². The molecule has 2 rings (SSSR count). The molecule has 0 unspecified atom stereocenters. The van der Waals surface area contributed by atoms with Gasteiger partial charge >= 0.3 is 11.1 Å². The number of rotatable bonds is 1. The Hall–Kier alpha value is -2.61. The van der Waals surface area contributed by atoms with Gasteiger partial charge in [-0.2, -0.15) is 0 Å². The van der Waals surface area contributed by atoms with Crippen LogP contribution in [0.1, 0.15) is 10.4 Å². The van der Waals surface area contributed by atoms with Crippen molar-refractivity contribution >= 4 is 16.9 Å². The topological polar surface area (TPSA) is 124 Å². The van der Waals surface area contributed by atoms with E-state index in [4.69, 9.17) is 5.21 Å². The molecule has 2 aromatic rings. The van der Waals surface area contributed by atoms with E-state index in [-0.39, 0.29) is 21.3 Å². The molecule has 1 heterocycles. The first-order valence-electron chi connectivity index (χ1n) is 4.47. The second-order valence-electron chi connectivity index (χ2n) is 3.24. The van der Waals surface area contributed by atoms with Gasteiger partial charge in [-0.3, -0.25) is 19.6 Å². The highest BCUT2D eigenvalue weighted by atomic mass is 16.5. The van der Waals surface area contributed by atoms with E-state index in [0.717, 1.165) is 6.07 Å². The fraction of sp³-hybridized carbons (Fsp3) is 0. The van der Waals surface area contributed by atoms with E-state index >= 15 is 0 Å². The van der Waals surface area contributed by atoms with Crippen LogP contribution >= 0.6 is 0 Å². The number of aromatic nitrogens is 2. The van der Waals surface area contributed by atoms with Crippen molar-refractivity contribution < 1.29 is 15.2 Å². The molecule has 0 saturated carbocycles. The molecule has 4 N–H and O–H groups in total. The number of hydroxylamine groups is 1. The number of amides is 1. The van der Waals surface area contributed by atoms with Crippen LogP contribution in [0.15, 0.2) is 27.8 Å². The molecule has 0 aliphatic heterocycles. The number of nitrogens with one attached hydrogen (secondary N) is 2. The van der Waals surface area contributed by atoms with E-state index in [9.17, 15) is 19.6 Å². The lowest BCUT2D eigenvalue weighted by molar-refractivity contribution is 0.0706. The first kappa shape index (κ1) is 10.9. The standard InChI is InChI=1S/C9H7N3O5/c13-7(11-16)4-1-2-5-6(3-4)12(17)9(15)8(14)10-5/h1-3,16-17H,(H,10,14)(H,11,13). The van der Waals surface area contributed by atoms with Crippen molar-refractivity contribution in [3.8, 4) is 0 Å². The summed E-state index contributed by atoms with van der Waals surface area (Å²) >= 11 is 0. The molecule has 88 valence electrons. The lowest BCUT2D eigenvalue weighted by Crippen LogP contribution is -2.35. The summed E-state index contributed by atoms with van der Waals surface area (Å²) in [5, 5.41) is 17.8. The maximum atomic E-state index is 11.2. The summed E-state index contributed by atoms with van der Waals surface area (Å²) in [6.07, 6.45) is 0. The van der Waals surface area contributed by atoms with Crippen molar-refractivity contribution in [3.05, 3.63) is 44.5 Å². The summed E-state index contributed by atoms with van der Waals surface area (Å²) in [6.45, 7) is 0. The van der Waals surface area contributed by atoms with Gasteiger partial charge < -0.3 is 10.2 Å². The van der Waals surface area contributed by atoms with Gasteiger partial charge in [-0.15, -0.1) is 4.73 Å². The summed E-state index contributed by atoms with van der Waals surface area (Å²) in [7, 11) is 0. The quantitative estimate of drug-likeness (QED) is 0.220. The van der Waals surface area contributed by atoms with Crippen LogP contribution in [0.2, 0.25) is 0 Å². The van der Waals surface area contributed by atoms with E-state index in [2.05, 4.69) is 4.98 Å². The molecule has 0 spiro atoms. The summed E-state index contributed by atoms with van der Waals surface area (Å²) in [5.41, 5.74) is -0.551. The van der Waals surface area contributed by atoms with Crippen LogP contribution in [-0.2, 0) is 0 Å². The predicted octanol–water partition coefficient (Wildman–Crippen LogP) is -0.954. The molecule has 1 aromatic heterocycles. The molecule has 0 atom stereocenters. The molecule has 1 aromatic carbocycles. The molecule has 1 amide bonds. The first-order valence-corrected chi connectivity index (χ1v) is 4.47. The zero-order valence-corrected chi connectivity index (χ0v) is 8.30. The molecular formula is C9H7N3O5. The highest BCUT2D eigenvalue weighted by Gasteiger charge is 2.10. The van der Waals surface area contributed by atoms with Gasteiger partial charge in [-0.1, -0.05) is 0 Å². The minimum atomic E-state index is -1.15. The van der Waals surface area contributed by atoms with E-state index in [0.29, 0.717) is 0 Å². The van der Waals surface area contributed by atoms with Gasteiger partial charge in [-0.25, -0.2) is 5.48 Å². The van der Waals surface area contributed by atoms with Gasteiger partial charge in [0.1, 0.15) is 5.52 Å². The largest absolute Gasteiger partial charge is 0.425 e. The second-order valence-corrected chi connectivity index (χ2v) is 3.24. The Kier molecular flexibility index (Phi) is 2.41. The van der Waals surface area contributed by atoms with E-state index in [1.165, 1.54) is 17.6 Å². The predicted molar refractivity (Wildman–Crippen MR) is 55.3 cm³/mol. The van der Waals surface area contributed by atoms with E-state index in [1.54, 1.807) is 0 Å². The number of fused-ring (bicyclic) bond motifs is 1. The number of hydrogen-bond donors (Lipinski definition) is 4. The van der Waals surface area contributed by atoms with Crippen LogP contribution in [0.5, 0.6) is 0 Å². The highest BCUT2D eigenvalue weighted by Crippen LogP contribution is 2.10. The smallest absolute Gasteiger partial charge is 0.348 e. The molecule has 0 aliphatic rings. The Balaban J connectivity index is 2.82. The zero-order chi connectivity index (χ0) is 12.6. The van der Waals surface area contributed by atoms with Gasteiger partial charge in [0.2, 0.25) is 0 Å². The summed E-state index contributed by atoms with van der Waals surface area (Å²) in [5.74, 6) is -0.800. The highest BCUT2D eigenvalue weighted by molar-refractivity contribution is 5.96. The minimum absolute atomic E-state index is 0.0225. The number of aromatic amines is 1. The fourth-order valence-corrected chi connectivity index (χ4v) is 1.40. The van der Waals surface area contributed by atoms with Crippen LogP contribution in [0.25, 0.3) is 11.0 Å². The maximum Gasteiger partial charge on any atom is 0.348 e. The lowest BCUT2D eigenvalue weighted by atomic mass is 10.2. The lowest BCUT2D eigenvalue weighted by Gasteiger charge is -2.04. The summed E-state index contributed by atoms with van der Waals surface area (Å²) in [6, 6.07) is 3.79. The van der Waals surface area contributed by atoms with Gasteiger partial charge in [0.25, 0.3) is 5.91 Å². The number of nitrogens with zero attached hydrogens (tertiary/aromatic N) is 1. The molecule has 8 nitrogen and oxygen atoms in total. The number of carbonyl (C=O) groups is 1. The molecule has 8 heteroatoms. The molecular weight excluding hydrogens is 230 g/mol. The Labute approximate surface area is 92.7 Å². The Morgan fingerprint density at radius 3 is 2.71 bits per heavy atom. The molecule has 0 saturated heterocycles. The van der Waals surface area contributed by atoms with Crippen molar-refractivity contribution in [2.45, 2.75) is 0 Å². The first-order chi connectivity index (χ1) is 8.04. The molecule has 0 bridgehead atoms. The summed E-state index contributed by atoms with van der Waals surface area (Å²) < 4.78 is 0.141. The van der Waals surface area contributed by atoms with Crippen molar-refractivity contribution in [2.24, 2.45) is 0 Å². The molecule has 0 radical (unpaired) electrons. The van der Waals surface area contributed by atoms with Crippen LogP contribution in [0, 0.1) is 0 Å². The average Bonchev–Trinajstić information content (AvgIpc) is 2.35. The third-order valence-electron chi connectivity index (χ3n) is 2.22. The number of carbonyl (C=O) groups excluding carboxylic acids is 1. The van der Waals surface area contributed by atoms with Crippen LogP contribution in [0.4, 0.5) is 0 Å². The SMILES string of the molecule is O=C(NO)c1ccc2[nH]c(=O)c(=O)n(O)c2c1. The maximum absolute atomic E-state index is 11.2. The van der Waals surface area contributed by atoms with Gasteiger partial charge in [0.15, 0.2) is 0 Å². The Morgan fingerprint density at radius 2 is 2.06 bits per heavy atom. The zero-order valence-electron chi connectivity index (χ0n) is 8.30. The molecule has 0 aliphatic carbocycles. The Morgan fingerprint density at radius 1 is 1.35 bits per heavy atom. The van der Waals surface area contributed by atoms with Crippen LogP contribution < -0.4 is 16.6 Å². The molecule has 0 fully saturated rings. The number of H-pyrrole nitrogens is 1. The normalized spacial score (nSPS) is 10.4. The Bertz CT molecular complexity index is 715. The van der Waals surface area contributed by atoms with Crippen molar-refractivity contribution in [1.29, 1.82) is 0 Å².